The van der Waals surface area contributed by atoms with Gasteiger partial charge < -0.3 is 10.6 Å². The first kappa shape index (κ1) is 11.9. The van der Waals surface area contributed by atoms with Gasteiger partial charge in [-0.1, -0.05) is 6.07 Å². The van der Waals surface area contributed by atoms with E-state index in [4.69, 9.17) is 0 Å². The monoisotopic (exact) mass is 248 g/mol. The Morgan fingerprint density at radius 2 is 2.06 bits per heavy atom. The molecular formula is C12H16N4S. The first-order valence-corrected chi connectivity index (χ1v) is 6.39. The lowest BCUT2D eigenvalue weighted by molar-refractivity contribution is 0.966. The van der Waals surface area contributed by atoms with Crippen LogP contribution < -0.4 is 10.6 Å². The molecule has 0 spiro atoms. The molecule has 0 radical (unpaired) electrons. The van der Waals surface area contributed by atoms with Crippen molar-refractivity contribution in [2.24, 2.45) is 0 Å². The first-order valence-electron chi connectivity index (χ1n) is 5.57. The predicted molar refractivity (Wildman–Crippen MR) is 72.9 cm³/mol. The van der Waals surface area contributed by atoms with Crippen molar-refractivity contribution in [2.45, 2.75) is 12.8 Å². The van der Waals surface area contributed by atoms with Crippen LogP contribution in [0.5, 0.6) is 0 Å². The molecule has 0 amide bonds. The van der Waals surface area contributed by atoms with E-state index in [9.17, 15) is 0 Å². The second kappa shape index (κ2) is 5.63. The van der Waals surface area contributed by atoms with E-state index in [1.165, 1.54) is 10.4 Å². The summed E-state index contributed by atoms with van der Waals surface area (Å²) in [6.07, 6.45) is 5.72. The fourth-order valence-electron chi connectivity index (χ4n) is 1.66. The molecule has 90 valence electrons. The summed E-state index contributed by atoms with van der Waals surface area (Å²) in [4.78, 5) is 9.85. The summed E-state index contributed by atoms with van der Waals surface area (Å²) in [7, 11) is 3.79. The van der Waals surface area contributed by atoms with Gasteiger partial charge in [-0.3, -0.25) is 0 Å². The smallest absolute Gasteiger partial charge is 0.182 e. The van der Waals surface area contributed by atoms with Gasteiger partial charge in [-0.05, 0) is 24.5 Å². The molecule has 0 saturated heterocycles. The van der Waals surface area contributed by atoms with Crippen LogP contribution in [0.15, 0.2) is 24.5 Å². The summed E-state index contributed by atoms with van der Waals surface area (Å²) in [6, 6.07) is 4.08. The number of anilines is 2. The fraction of sp³-hybridized carbons (Fsp3) is 0.333. The Morgan fingerprint density at radius 1 is 1.18 bits per heavy atom. The van der Waals surface area contributed by atoms with E-state index in [-0.39, 0.29) is 0 Å². The number of nitrogens with zero attached hydrogens (tertiary/aromatic N) is 2. The first-order chi connectivity index (χ1) is 8.33. The summed E-state index contributed by atoms with van der Waals surface area (Å²) < 4.78 is 0. The maximum absolute atomic E-state index is 4.30. The van der Waals surface area contributed by atoms with E-state index in [0.29, 0.717) is 0 Å². The molecule has 0 unspecified atom stereocenters. The Labute approximate surface area is 105 Å². The highest BCUT2D eigenvalue weighted by Crippen LogP contribution is 2.20. The molecule has 0 saturated carbocycles. The lowest BCUT2D eigenvalue weighted by Gasteiger charge is -2.06. The third-order valence-corrected chi connectivity index (χ3v) is 3.61. The Hall–Kier alpha value is -1.62. The zero-order valence-corrected chi connectivity index (χ0v) is 10.8. The van der Waals surface area contributed by atoms with Gasteiger partial charge in [0.15, 0.2) is 5.13 Å². The van der Waals surface area contributed by atoms with Gasteiger partial charge in [0.2, 0.25) is 0 Å². The number of aryl methyl sites for hydroxylation is 2. The molecule has 2 N–H and O–H groups in total. The van der Waals surface area contributed by atoms with Gasteiger partial charge in [0.1, 0.15) is 5.82 Å². The van der Waals surface area contributed by atoms with Crippen molar-refractivity contribution in [3.05, 3.63) is 35.0 Å². The van der Waals surface area contributed by atoms with Crippen LogP contribution in [0.2, 0.25) is 0 Å². The molecule has 0 bridgehead atoms. The second-order valence-corrected chi connectivity index (χ2v) is 4.76. The summed E-state index contributed by atoms with van der Waals surface area (Å²) in [5.74, 6) is 0.964. The van der Waals surface area contributed by atoms with Crippen LogP contribution in [0, 0.1) is 0 Å². The van der Waals surface area contributed by atoms with Crippen LogP contribution in [0.3, 0.4) is 0 Å². The lowest BCUT2D eigenvalue weighted by Crippen LogP contribution is -1.99. The maximum atomic E-state index is 4.30. The molecular weight excluding hydrogens is 232 g/mol. The highest BCUT2D eigenvalue weighted by molar-refractivity contribution is 7.15. The molecule has 0 atom stereocenters. The third-order valence-electron chi connectivity index (χ3n) is 2.54. The normalized spacial score (nSPS) is 10.2. The number of pyridine rings is 1. The van der Waals surface area contributed by atoms with Crippen molar-refractivity contribution >= 4 is 22.3 Å². The van der Waals surface area contributed by atoms with E-state index in [2.05, 4.69) is 26.7 Å². The Kier molecular flexibility index (Phi) is 3.93. The van der Waals surface area contributed by atoms with Crippen LogP contribution in [-0.4, -0.2) is 24.1 Å². The van der Waals surface area contributed by atoms with Crippen molar-refractivity contribution in [2.75, 3.05) is 24.7 Å². The second-order valence-electron chi connectivity index (χ2n) is 3.64. The van der Waals surface area contributed by atoms with Gasteiger partial charge in [-0.15, -0.1) is 11.3 Å². The molecule has 2 rings (SSSR count). The summed E-state index contributed by atoms with van der Waals surface area (Å²) in [5, 5.41) is 7.14. The van der Waals surface area contributed by atoms with Gasteiger partial charge >= 0.3 is 0 Å². The van der Waals surface area contributed by atoms with Crippen LogP contribution in [0.25, 0.3) is 0 Å². The van der Waals surface area contributed by atoms with Gasteiger partial charge in [0.25, 0.3) is 0 Å². The number of hydrogen-bond acceptors (Lipinski definition) is 5. The topological polar surface area (TPSA) is 49.8 Å². The predicted octanol–water partition coefficient (Wildman–Crippen LogP) is 2.41. The molecule has 0 aromatic carbocycles. The van der Waals surface area contributed by atoms with E-state index in [0.717, 1.165) is 23.8 Å². The lowest BCUT2D eigenvalue weighted by atomic mass is 10.1. The Bertz CT molecular complexity index is 481. The highest BCUT2D eigenvalue weighted by Gasteiger charge is 2.04. The Morgan fingerprint density at radius 3 is 2.76 bits per heavy atom. The molecule has 17 heavy (non-hydrogen) atoms. The minimum Gasteiger partial charge on any atom is -0.373 e. The van der Waals surface area contributed by atoms with Crippen molar-refractivity contribution < 1.29 is 0 Å². The summed E-state index contributed by atoms with van der Waals surface area (Å²) in [5.41, 5.74) is 1.24. The van der Waals surface area contributed by atoms with Crippen LogP contribution in [0.4, 0.5) is 10.9 Å². The van der Waals surface area contributed by atoms with Crippen molar-refractivity contribution in [1.29, 1.82) is 0 Å². The van der Waals surface area contributed by atoms with Gasteiger partial charge in [0, 0.05) is 31.4 Å². The van der Waals surface area contributed by atoms with Crippen molar-refractivity contribution in [3.63, 3.8) is 0 Å². The van der Waals surface area contributed by atoms with Crippen LogP contribution in [-0.2, 0) is 12.8 Å². The number of rotatable bonds is 5. The minimum atomic E-state index is 0.964. The average molecular weight is 248 g/mol. The van der Waals surface area contributed by atoms with E-state index in [1.807, 2.05) is 26.4 Å². The zero-order valence-electron chi connectivity index (χ0n) is 10.0. The van der Waals surface area contributed by atoms with E-state index >= 15 is 0 Å². The molecule has 5 heteroatoms. The largest absolute Gasteiger partial charge is 0.373 e. The fourth-order valence-corrected chi connectivity index (χ4v) is 2.43. The maximum Gasteiger partial charge on any atom is 0.182 e. The molecule has 2 aromatic heterocycles. The van der Waals surface area contributed by atoms with Gasteiger partial charge in [0.05, 0.1) is 0 Å². The number of nitrogens with one attached hydrogen (secondary N) is 2. The molecule has 0 aliphatic carbocycles. The molecule has 2 aromatic rings. The molecule has 0 aliphatic heterocycles. The number of hydrogen-bond donors (Lipinski definition) is 2. The van der Waals surface area contributed by atoms with Crippen molar-refractivity contribution in [3.8, 4) is 0 Å². The SMILES string of the molecule is CNc1ncc(CCc2cccnc2NC)s1. The molecule has 2 heterocycles. The van der Waals surface area contributed by atoms with E-state index in [1.54, 1.807) is 17.5 Å². The van der Waals surface area contributed by atoms with Gasteiger partial charge in [-0.2, -0.15) is 0 Å². The summed E-state index contributed by atoms with van der Waals surface area (Å²) in [6.45, 7) is 0. The minimum absolute atomic E-state index is 0.964. The summed E-state index contributed by atoms with van der Waals surface area (Å²) >= 11 is 1.70. The van der Waals surface area contributed by atoms with Crippen molar-refractivity contribution in [1.82, 2.24) is 9.97 Å². The van der Waals surface area contributed by atoms with E-state index < -0.39 is 0 Å². The Balaban J connectivity index is 2.01. The molecule has 4 nitrogen and oxygen atoms in total. The molecule has 0 fully saturated rings. The molecule has 0 aliphatic rings. The van der Waals surface area contributed by atoms with Crippen LogP contribution >= 0.6 is 11.3 Å². The van der Waals surface area contributed by atoms with Crippen LogP contribution in [0.1, 0.15) is 10.4 Å². The third kappa shape index (κ3) is 2.94. The number of aromatic nitrogens is 2. The standard InChI is InChI=1S/C12H16N4S/c1-13-11-9(4-3-7-15-11)5-6-10-8-16-12(14-2)17-10/h3-4,7-8H,5-6H2,1-2H3,(H,13,15)(H,14,16). The number of thiazole rings is 1. The zero-order chi connectivity index (χ0) is 12.1. The van der Waals surface area contributed by atoms with Gasteiger partial charge in [-0.25, -0.2) is 9.97 Å². The highest BCUT2D eigenvalue weighted by atomic mass is 32.1. The average Bonchev–Trinajstić information content (AvgIpc) is 2.84. The quantitative estimate of drug-likeness (QED) is 0.853.